The number of ether oxygens (including phenoxy) is 1. The SMILES string of the molecule is CC(=O)OCNC(=O)Cc1ccccc1. The van der Waals surface area contributed by atoms with Crippen molar-refractivity contribution in [2.24, 2.45) is 0 Å². The normalized spacial score (nSPS) is 9.40. The van der Waals surface area contributed by atoms with Gasteiger partial charge in [0.1, 0.15) is 0 Å². The summed E-state index contributed by atoms with van der Waals surface area (Å²) in [6.07, 6.45) is 0.294. The molecule has 0 saturated heterocycles. The number of hydrogen-bond acceptors (Lipinski definition) is 3. The minimum Gasteiger partial charge on any atom is -0.445 e. The van der Waals surface area contributed by atoms with Crippen molar-refractivity contribution in [3.63, 3.8) is 0 Å². The highest BCUT2D eigenvalue weighted by molar-refractivity contribution is 5.78. The molecule has 0 aliphatic heterocycles. The van der Waals surface area contributed by atoms with E-state index in [0.717, 1.165) is 5.56 Å². The first kappa shape index (κ1) is 11.2. The molecule has 15 heavy (non-hydrogen) atoms. The molecule has 0 unspecified atom stereocenters. The fraction of sp³-hybridized carbons (Fsp3) is 0.273. The molecule has 1 rings (SSSR count). The van der Waals surface area contributed by atoms with Crippen LogP contribution in [0.1, 0.15) is 12.5 Å². The molecule has 1 amide bonds. The highest BCUT2D eigenvalue weighted by Gasteiger charge is 2.02. The monoisotopic (exact) mass is 207 g/mol. The maximum absolute atomic E-state index is 11.3. The van der Waals surface area contributed by atoms with E-state index in [1.807, 2.05) is 30.3 Å². The molecule has 1 N–H and O–H groups in total. The third-order valence-electron chi connectivity index (χ3n) is 1.75. The van der Waals surface area contributed by atoms with Gasteiger partial charge in [-0.15, -0.1) is 0 Å². The van der Waals surface area contributed by atoms with Gasteiger partial charge in [-0.05, 0) is 5.56 Å². The first-order chi connectivity index (χ1) is 7.18. The van der Waals surface area contributed by atoms with Crippen LogP contribution in [0.3, 0.4) is 0 Å². The van der Waals surface area contributed by atoms with Gasteiger partial charge < -0.3 is 10.1 Å². The van der Waals surface area contributed by atoms with Gasteiger partial charge >= 0.3 is 5.97 Å². The van der Waals surface area contributed by atoms with Crippen LogP contribution in [-0.2, 0) is 20.7 Å². The van der Waals surface area contributed by atoms with Crippen LogP contribution in [0, 0.1) is 0 Å². The fourth-order valence-electron chi connectivity index (χ4n) is 1.06. The van der Waals surface area contributed by atoms with E-state index < -0.39 is 5.97 Å². The van der Waals surface area contributed by atoms with Crippen molar-refractivity contribution in [3.8, 4) is 0 Å². The molecule has 0 radical (unpaired) electrons. The lowest BCUT2D eigenvalue weighted by Gasteiger charge is -2.04. The third kappa shape index (κ3) is 4.81. The summed E-state index contributed by atoms with van der Waals surface area (Å²) in [5.41, 5.74) is 0.929. The van der Waals surface area contributed by atoms with E-state index in [0.29, 0.717) is 6.42 Å². The van der Waals surface area contributed by atoms with E-state index >= 15 is 0 Å². The summed E-state index contributed by atoms with van der Waals surface area (Å²) < 4.78 is 4.58. The Hall–Kier alpha value is -1.84. The van der Waals surface area contributed by atoms with Gasteiger partial charge in [-0.1, -0.05) is 30.3 Å². The summed E-state index contributed by atoms with van der Waals surface area (Å²) in [5, 5.41) is 2.48. The van der Waals surface area contributed by atoms with Crippen molar-refractivity contribution >= 4 is 11.9 Å². The molecular weight excluding hydrogens is 194 g/mol. The van der Waals surface area contributed by atoms with Crippen LogP contribution < -0.4 is 5.32 Å². The molecule has 0 saturated carbocycles. The number of carbonyl (C=O) groups excluding carboxylic acids is 2. The summed E-state index contributed by atoms with van der Waals surface area (Å²) in [4.78, 5) is 21.7. The van der Waals surface area contributed by atoms with Crippen molar-refractivity contribution in [1.82, 2.24) is 5.32 Å². The average molecular weight is 207 g/mol. The maximum atomic E-state index is 11.3. The molecule has 1 aromatic carbocycles. The van der Waals surface area contributed by atoms with Crippen LogP contribution in [0.4, 0.5) is 0 Å². The third-order valence-corrected chi connectivity index (χ3v) is 1.75. The molecule has 80 valence electrons. The Labute approximate surface area is 88.2 Å². The van der Waals surface area contributed by atoms with Crippen molar-refractivity contribution in [2.45, 2.75) is 13.3 Å². The van der Waals surface area contributed by atoms with Gasteiger partial charge in [0, 0.05) is 6.92 Å². The number of nitrogens with one attached hydrogen (secondary N) is 1. The molecule has 0 aliphatic carbocycles. The Morgan fingerprint density at radius 3 is 2.53 bits per heavy atom. The highest BCUT2D eigenvalue weighted by Crippen LogP contribution is 1.98. The predicted octanol–water partition coefficient (Wildman–Crippen LogP) is 0.866. The van der Waals surface area contributed by atoms with Crippen LogP contribution in [-0.4, -0.2) is 18.6 Å². The van der Waals surface area contributed by atoms with Crippen molar-refractivity contribution in [2.75, 3.05) is 6.73 Å². The second-order valence-electron chi connectivity index (χ2n) is 3.04. The molecule has 0 spiro atoms. The van der Waals surface area contributed by atoms with Gasteiger partial charge in [-0.25, -0.2) is 0 Å². The van der Waals surface area contributed by atoms with E-state index in [-0.39, 0.29) is 12.6 Å². The summed E-state index contributed by atoms with van der Waals surface area (Å²) in [6, 6.07) is 9.36. The summed E-state index contributed by atoms with van der Waals surface area (Å²) >= 11 is 0. The lowest BCUT2D eigenvalue weighted by atomic mass is 10.1. The Bertz CT molecular complexity index is 335. The van der Waals surface area contributed by atoms with Gasteiger partial charge in [0.25, 0.3) is 0 Å². The van der Waals surface area contributed by atoms with Gasteiger partial charge in [0.05, 0.1) is 6.42 Å². The van der Waals surface area contributed by atoms with Crippen LogP contribution in [0.5, 0.6) is 0 Å². The Balaban J connectivity index is 2.28. The van der Waals surface area contributed by atoms with E-state index in [2.05, 4.69) is 10.1 Å². The first-order valence-corrected chi connectivity index (χ1v) is 4.62. The van der Waals surface area contributed by atoms with E-state index in [4.69, 9.17) is 0 Å². The maximum Gasteiger partial charge on any atom is 0.304 e. The number of benzene rings is 1. The van der Waals surface area contributed by atoms with Gasteiger partial charge in [0.2, 0.25) is 5.91 Å². The minimum absolute atomic E-state index is 0.0685. The Morgan fingerprint density at radius 2 is 1.93 bits per heavy atom. The standard InChI is InChI=1S/C11H13NO3/c1-9(13)15-8-12-11(14)7-10-5-3-2-4-6-10/h2-6H,7-8H2,1H3,(H,12,14). The van der Waals surface area contributed by atoms with Crippen molar-refractivity contribution in [1.29, 1.82) is 0 Å². The molecule has 0 fully saturated rings. The smallest absolute Gasteiger partial charge is 0.304 e. The lowest BCUT2D eigenvalue weighted by molar-refractivity contribution is -0.142. The summed E-state index contributed by atoms with van der Waals surface area (Å²) in [5.74, 6) is -0.572. The van der Waals surface area contributed by atoms with Crippen LogP contribution >= 0.6 is 0 Å². The van der Waals surface area contributed by atoms with E-state index in [9.17, 15) is 9.59 Å². The second-order valence-corrected chi connectivity index (χ2v) is 3.04. The highest BCUT2D eigenvalue weighted by atomic mass is 16.5. The largest absolute Gasteiger partial charge is 0.445 e. The Kier molecular flexibility index (Phi) is 4.34. The fourth-order valence-corrected chi connectivity index (χ4v) is 1.06. The summed E-state index contributed by atoms with van der Waals surface area (Å²) in [6.45, 7) is 1.23. The zero-order chi connectivity index (χ0) is 11.1. The molecule has 0 heterocycles. The number of hydrogen-bond donors (Lipinski definition) is 1. The number of carbonyl (C=O) groups is 2. The van der Waals surface area contributed by atoms with Crippen molar-refractivity contribution < 1.29 is 14.3 Å². The average Bonchev–Trinajstić information content (AvgIpc) is 2.18. The molecule has 0 aromatic heterocycles. The molecule has 0 bridgehead atoms. The minimum atomic E-state index is -0.407. The van der Waals surface area contributed by atoms with Crippen LogP contribution in [0.15, 0.2) is 30.3 Å². The van der Waals surface area contributed by atoms with E-state index in [1.54, 1.807) is 0 Å². The second kappa shape index (κ2) is 5.80. The predicted molar refractivity (Wildman–Crippen MR) is 54.9 cm³/mol. The van der Waals surface area contributed by atoms with Crippen LogP contribution in [0.2, 0.25) is 0 Å². The van der Waals surface area contributed by atoms with Crippen molar-refractivity contribution in [3.05, 3.63) is 35.9 Å². The lowest BCUT2D eigenvalue weighted by Crippen LogP contribution is -2.28. The number of amides is 1. The van der Waals surface area contributed by atoms with Gasteiger partial charge in [-0.2, -0.15) is 0 Å². The molecule has 0 atom stereocenters. The zero-order valence-electron chi connectivity index (χ0n) is 8.53. The van der Waals surface area contributed by atoms with Gasteiger partial charge in [-0.3, -0.25) is 9.59 Å². The molecule has 1 aromatic rings. The van der Waals surface area contributed by atoms with Gasteiger partial charge in [0.15, 0.2) is 6.73 Å². The Morgan fingerprint density at radius 1 is 1.27 bits per heavy atom. The molecule has 4 nitrogen and oxygen atoms in total. The first-order valence-electron chi connectivity index (χ1n) is 4.62. The quantitative estimate of drug-likeness (QED) is 0.588. The van der Waals surface area contributed by atoms with Crippen LogP contribution in [0.25, 0.3) is 0 Å². The topological polar surface area (TPSA) is 55.4 Å². The molecular formula is C11H13NO3. The number of rotatable bonds is 4. The molecule has 0 aliphatic rings. The molecule has 4 heteroatoms. The van der Waals surface area contributed by atoms with E-state index in [1.165, 1.54) is 6.92 Å². The zero-order valence-corrected chi connectivity index (χ0v) is 8.53. The number of esters is 1. The summed E-state index contributed by atoms with van der Waals surface area (Å²) in [7, 11) is 0.